The summed E-state index contributed by atoms with van der Waals surface area (Å²) < 4.78 is 0. The molecule has 0 saturated heterocycles. The number of hydrogen-bond acceptors (Lipinski definition) is 0. The van der Waals surface area contributed by atoms with E-state index in [1.807, 2.05) is 0 Å². The van der Waals surface area contributed by atoms with E-state index < -0.39 is 0 Å². The Kier molecular flexibility index (Phi) is 46.7. The van der Waals surface area contributed by atoms with E-state index in [2.05, 4.69) is 450 Å². The molecule has 0 aromatic rings. The second-order valence-corrected chi connectivity index (χ2v) is 9.54. The first-order chi connectivity index (χ1) is 38.9. The molecule has 0 aliphatic heterocycles. The van der Waals surface area contributed by atoms with E-state index >= 15 is 0 Å². The summed E-state index contributed by atoms with van der Waals surface area (Å²) in [5, 5.41) is 0. The summed E-state index contributed by atoms with van der Waals surface area (Å²) in [4.78, 5) is 0. The predicted molar refractivity (Wildman–Crippen MR) is 305 cm³/mol. The van der Waals surface area contributed by atoms with Crippen molar-refractivity contribution in [1.82, 2.24) is 0 Å². The molecule has 78 heavy (non-hydrogen) atoms. The molecule has 0 heterocycles. The second-order valence-electron chi connectivity index (χ2n) is 9.54. The minimum Gasteiger partial charge on any atom is -0.106 e. The largest absolute Gasteiger partial charge is 0.106 e. The van der Waals surface area contributed by atoms with Crippen LogP contribution in [0.4, 0.5) is 0 Å². The smallest absolute Gasteiger partial charge is 0 e. The molecule has 0 heteroatoms. The Morgan fingerprint density at radius 2 is 0.103 bits per heavy atom. The maximum atomic E-state index is 4.95. The van der Waals surface area contributed by atoms with E-state index in [4.69, 9.17) is 12.8 Å². The van der Waals surface area contributed by atoms with E-state index in [-0.39, 0.29) is 0 Å². The topological polar surface area (TPSA) is 0 Å². The zero-order valence-corrected chi connectivity index (χ0v) is 39.2. The molecule has 314 valence electrons. The van der Waals surface area contributed by atoms with Gasteiger partial charge in [-0.2, -0.15) is 0 Å². The monoisotopic (exact) mass is 938 g/mol. The van der Waals surface area contributed by atoms with E-state index in [1.54, 1.807) is 0 Å². The van der Waals surface area contributed by atoms with Crippen LogP contribution in [0.15, 0.2) is 0 Å². The molecule has 0 bridgehead atoms. The van der Waals surface area contributed by atoms with Crippen LogP contribution in [0.3, 0.4) is 0 Å². The third-order valence-electron chi connectivity index (χ3n) is 4.71. The van der Waals surface area contributed by atoms with Crippen LogP contribution in [0.25, 0.3) is 0 Å². The van der Waals surface area contributed by atoms with Gasteiger partial charge < -0.3 is 0 Å². The molecular weight excluding hydrogens is 937 g/mol. The molecule has 0 atom stereocenters. The molecule has 0 fully saturated rings. The lowest BCUT2D eigenvalue weighted by Gasteiger charge is -1.58. The van der Waals surface area contributed by atoms with E-state index in [0.717, 1.165) is 0 Å². The summed E-state index contributed by atoms with van der Waals surface area (Å²) in [6, 6.07) is 0. The molecule has 0 N–H and O–H groups in total. The van der Waals surface area contributed by atoms with Crippen LogP contribution < -0.4 is 0 Å². The summed E-state index contributed by atoms with van der Waals surface area (Å²) in [5.74, 6) is 188. The van der Waals surface area contributed by atoms with Gasteiger partial charge in [0.1, 0.15) is 0 Å². The van der Waals surface area contributed by atoms with Gasteiger partial charge in [0.15, 0.2) is 0 Å². The van der Waals surface area contributed by atoms with Gasteiger partial charge in [-0.05, 0) is 94.7 Å². The predicted octanol–water partition coefficient (Wildman–Crippen LogP) is 0.379. The van der Waals surface area contributed by atoms with Gasteiger partial charge in [0.05, 0.1) is 0 Å². The first kappa shape index (κ1) is 60.8. The fourth-order valence-electron chi connectivity index (χ4n) is 2.32. The normalized spacial score (nSPS) is 3.92. The van der Waals surface area contributed by atoms with Crippen molar-refractivity contribution in [2.24, 2.45) is 0 Å². The lowest BCUT2D eigenvalue weighted by molar-refractivity contribution is 2.31. The van der Waals surface area contributed by atoms with Crippen molar-refractivity contribution >= 4 is 0 Å². The van der Waals surface area contributed by atoms with Crippen LogP contribution >= 0.6 is 0 Å². The molecule has 0 radical (unpaired) electrons. The van der Waals surface area contributed by atoms with Gasteiger partial charge in [-0.3, -0.25) is 0 Å². The Bertz CT molecular complexity index is 4930. The van der Waals surface area contributed by atoms with E-state index in [0.29, 0.717) is 0 Å². The van der Waals surface area contributed by atoms with Crippen LogP contribution in [-0.4, -0.2) is 0 Å². The summed E-state index contributed by atoms with van der Waals surface area (Å²) in [6.07, 6.45) is 9.90. The Morgan fingerprint density at radius 3 is 0.141 bits per heavy atom. The molecule has 0 aromatic carbocycles. The summed E-state index contributed by atoms with van der Waals surface area (Å²) in [7, 11) is 0. The third kappa shape index (κ3) is 58.8. The average molecular weight is 939 g/mol. The standard InChI is InChI=1S/C78H2/c1-3-5-7-9-11-13-15-17-19-21-23-25-27-29-31-33-35-37-39-41-43-45-47-49-51-53-55-57-59-61-63-65-67-69-71-73-75-77-78-76-74-72-70-68-66-64-62-60-58-56-54-52-50-48-46-44-42-40-38-36-34-32-30-28-26-24-22-20-18-16-14-12-10-8-6-4-2/h1-2H. The molecule has 0 aliphatic carbocycles. The molecular formula is C78H2. The SMILES string of the molecule is C#CC#CC#CC#CC#CC#CC#CC#CC#CC#CC#CC#CC#CC#CC#CC#CC#CC#CC#CC#CC#CC#CC#CC#CC#CC#CC#CC#CC#CC#CC#CC#CC#CC#CC#CC#CC#CC#CC#C. The molecule has 0 unspecified atom stereocenters. The van der Waals surface area contributed by atoms with Crippen molar-refractivity contribution in [3.8, 4) is 463 Å². The van der Waals surface area contributed by atoms with Gasteiger partial charge >= 0.3 is 0 Å². The maximum absolute atomic E-state index is 4.95. The Balaban J connectivity index is 4.61. The van der Waals surface area contributed by atoms with E-state index in [9.17, 15) is 0 Å². The molecule has 0 amide bonds. The highest BCUT2D eigenvalue weighted by Crippen LogP contribution is 1.65. The van der Waals surface area contributed by atoms with Gasteiger partial charge in [0, 0.05) is 355 Å². The molecule has 0 aromatic heterocycles. The average Bonchev–Trinajstić information content (AvgIpc) is 3.45. The summed E-state index contributed by atoms with van der Waals surface area (Å²) >= 11 is 0. The molecule has 0 rings (SSSR count). The van der Waals surface area contributed by atoms with Crippen molar-refractivity contribution in [3.05, 3.63) is 0 Å². The van der Waals surface area contributed by atoms with Gasteiger partial charge in [-0.15, -0.1) is 12.8 Å². The van der Waals surface area contributed by atoms with Gasteiger partial charge in [0.25, 0.3) is 0 Å². The zero-order chi connectivity index (χ0) is 55.7. The fourth-order valence-corrected chi connectivity index (χ4v) is 2.32. The van der Waals surface area contributed by atoms with Crippen molar-refractivity contribution in [1.29, 1.82) is 0 Å². The van der Waals surface area contributed by atoms with Crippen LogP contribution in [0.5, 0.6) is 0 Å². The van der Waals surface area contributed by atoms with Crippen LogP contribution in [-0.2, 0) is 0 Å². The highest BCUT2D eigenvalue weighted by atomic mass is 13.7. The first-order valence-electron chi connectivity index (χ1n) is 19.3. The van der Waals surface area contributed by atoms with Gasteiger partial charge in [-0.25, -0.2) is 0 Å². The zero-order valence-electron chi connectivity index (χ0n) is 39.2. The lowest BCUT2D eigenvalue weighted by Crippen LogP contribution is -1.57. The second kappa shape index (κ2) is 59.8. The Hall–Kier alpha value is -17.2. The quantitative estimate of drug-likeness (QED) is 0.309. The highest BCUT2D eigenvalue weighted by Gasteiger charge is 1.65. The lowest BCUT2D eigenvalue weighted by atomic mass is 10.4. The Labute approximate surface area is 460 Å². The minimum absolute atomic E-state index is 2.12. The Morgan fingerprint density at radius 1 is 0.0641 bits per heavy atom. The number of rotatable bonds is 0. The van der Waals surface area contributed by atoms with Crippen LogP contribution in [0.2, 0.25) is 0 Å². The van der Waals surface area contributed by atoms with Crippen molar-refractivity contribution in [3.63, 3.8) is 0 Å². The van der Waals surface area contributed by atoms with Gasteiger partial charge in [-0.1, -0.05) is 0 Å². The van der Waals surface area contributed by atoms with Crippen molar-refractivity contribution in [2.75, 3.05) is 0 Å². The highest BCUT2D eigenvalue weighted by molar-refractivity contribution is 5.53. The molecule has 0 nitrogen and oxygen atoms in total. The first-order valence-corrected chi connectivity index (χ1v) is 19.3. The fraction of sp³-hybridized carbons (Fsp3) is 0. The third-order valence-corrected chi connectivity index (χ3v) is 4.71. The van der Waals surface area contributed by atoms with Crippen LogP contribution in [0.1, 0.15) is 0 Å². The summed E-state index contributed by atoms with van der Waals surface area (Å²) in [6.45, 7) is 0. The number of hydrogen-bond donors (Lipinski definition) is 0. The van der Waals surface area contributed by atoms with E-state index in [1.165, 1.54) is 0 Å². The minimum atomic E-state index is 2.12. The maximum Gasteiger partial charge on any atom is 0 e. The molecule has 0 spiro atoms. The summed E-state index contributed by atoms with van der Waals surface area (Å²) in [5.41, 5.74) is 0. The number of terminal acetylenes is 2. The van der Waals surface area contributed by atoms with Crippen molar-refractivity contribution in [2.45, 2.75) is 0 Å². The van der Waals surface area contributed by atoms with Gasteiger partial charge in [0.2, 0.25) is 0 Å². The van der Waals surface area contributed by atoms with Crippen LogP contribution in [0, 0.1) is 463 Å². The van der Waals surface area contributed by atoms with Crippen molar-refractivity contribution < 1.29 is 0 Å². The molecule has 0 aliphatic rings. The molecule has 0 saturated carbocycles.